The van der Waals surface area contributed by atoms with Gasteiger partial charge >= 0.3 is 0 Å². The van der Waals surface area contributed by atoms with E-state index in [0.717, 1.165) is 14.3 Å². The number of hydrogen-bond donors (Lipinski definition) is 1. The van der Waals surface area contributed by atoms with Gasteiger partial charge in [0.1, 0.15) is 18.0 Å². The highest BCUT2D eigenvalue weighted by Crippen LogP contribution is 2.35. The first kappa shape index (κ1) is 23.6. The Morgan fingerprint density at radius 3 is 2.22 bits per heavy atom. The summed E-state index contributed by atoms with van der Waals surface area (Å²) in [7, 11) is -1.18. The Bertz CT molecular complexity index is 1200. The molecule has 0 aliphatic heterocycles. The highest BCUT2D eigenvalue weighted by Gasteiger charge is 2.30. The van der Waals surface area contributed by atoms with Gasteiger partial charge in [-0.05, 0) is 55.5 Å². The summed E-state index contributed by atoms with van der Waals surface area (Å²) in [5, 5.41) is 2.73. The first-order chi connectivity index (χ1) is 15.2. The zero-order chi connectivity index (χ0) is 23.3. The van der Waals surface area contributed by atoms with E-state index in [4.69, 9.17) is 9.47 Å². The van der Waals surface area contributed by atoms with E-state index in [1.807, 2.05) is 6.92 Å². The third-order valence-electron chi connectivity index (χ3n) is 4.68. The van der Waals surface area contributed by atoms with Crippen molar-refractivity contribution in [2.45, 2.75) is 11.8 Å². The normalized spacial score (nSPS) is 11.0. The largest absolute Gasteiger partial charge is 0.497 e. The summed E-state index contributed by atoms with van der Waals surface area (Å²) in [6.07, 6.45) is 0. The molecule has 0 saturated carbocycles. The minimum absolute atomic E-state index is 0.0596. The molecular weight excluding hydrogens is 496 g/mol. The van der Waals surface area contributed by atoms with Gasteiger partial charge in [-0.2, -0.15) is 0 Å². The Kier molecular flexibility index (Phi) is 7.42. The van der Waals surface area contributed by atoms with Crippen molar-refractivity contribution in [1.29, 1.82) is 0 Å². The number of nitrogens with one attached hydrogen (secondary N) is 1. The molecule has 3 aromatic carbocycles. The van der Waals surface area contributed by atoms with Crippen LogP contribution >= 0.6 is 15.9 Å². The van der Waals surface area contributed by atoms with E-state index in [2.05, 4.69) is 21.2 Å². The van der Waals surface area contributed by atoms with Crippen molar-refractivity contribution in [3.8, 4) is 11.5 Å². The number of halogens is 1. The van der Waals surface area contributed by atoms with Crippen molar-refractivity contribution in [3.63, 3.8) is 0 Å². The molecular formula is C23H23BrN2O5S. The first-order valence-corrected chi connectivity index (χ1v) is 11.8. The second-order valence-corrected chi connectivity index (χ2v) is 9.70. The van der Waals surface area contributed by atoms with Crippen LogP contribution in [0.15, 0.2) is 76.1 Å². The van der Waals surface area contributed by atoms with Crippen LogP contribution in [0.2, 0.25) is 0 Å². The minimum Gasteiger partial charge on any atom is -0.497 e. The third-order valence-corrected chi connectivity index (χ3v) is 6.98. The number of hydrogen-bond acceptors (Lipinski definition) is 5. The molecule has 0 atom stereocenters. The third kappa shape index (κ3) is 5.41. The molecule has 0 aliphatic rings. The van der Waals surface area contributed by atoms with E-state index in [-0.39, 0.29) is 16.3 Å². The fraction of sp³-hybridized carbons (Fsp3) is 0.174. The van der Waals surface area contributed by atoms with Crippen LogP contribution in [0.5, 0.6) is 11.5 Å². The molecule has 3 aromatic rings. The molecule has 0 saturated heterocycles. The maximum Gasteiger partial charge on any atom is 0.264 e. The van der Waals surface area contributed by atoms with Crippen molar-refractivity contribution < 1.29 is 22.7 Å². The quantitative estimate of drug-likeness (QED) is 0.470. The number of carbonyl (C=O) groups is 1. The van der Waals surface area contributed by atoms with E-state index in [9.17, 15) is 13.2 Å². The lowest BCUT2D eigenvalue weighted by Gasteiger charge is -2.26. The number of ether oxygens (including phenoxy) is 2. The predicted molar refractivity (Wildman–Crippen MR) is 128 cm³/mol. The van der Waals surface area contributed by atoms with Crippen LogP contribution in [0.1, 0.15) is 5.56 Å². The molecule has 0 aromatic heterocycles. The first-order valence-electron chi connectivity index (χ1n) is 9.61. The zero-order valence-corrected chi connectivity index (χ0v) is 20.2. The van der Waals surface area contributed by atoms with Gasteiger partial charge in [0.15, 0.2) is 0 Å². The van der Waals surface area contributed by atoms with Gasteiger partial charge in [0.2, 0.25) is 5.91 Å². The van der Waals surface area contributed by atoms with Crippen LogP contribution in [0.4, 0.5) is 11.4 Å². The summed E-state index contributed by atoms with van der Waals surface area (Å²) >= 11 is 3.34. The van der Waals surface area contributed by atoms with Crippen LogP contribution in [-0.4, -0.2) is 35.1 Å². The number of methoxy groups -OCH3 is 2. The van der Waals surface area contributed by atoms with Crippen molar-refractivity contribution in [3.05, 3.63) is 76.8 Å². The second-order valence-electron chi connectivity index (χ2n) is 6.92. The van der Waals surface area contributed by atoms with Gasteiger partial charge in [-0.25, -0.2) is 8.42 Å². The van der Waals surface area contributed by atoms with Gasteiger partial charge in [-0.15, -0.1) is 0 Å². The van der Waals surface area contributed by atoms with Gasteiger partial charge in [0.25, 0.3) is 10.0 Å². The minimum atomic E-state index is -4.09. The van der Waals surface area contributed by atoms with E-state index < -0.39 is 22.5 Å². The molecule has 3 rings (SSSR count). The molecule has 0 spiro atoms. The van der Waals surface area contributed by atoms with Crippen LogP contribution < -0.4 is 19.1 Å². The average Bonchev–Trinajstić information content (AvgIpc) is 2.78. The molecule has 0 aliphatic carbocycles. The number of amides is 1. The van der Waals surface area contributed by atoms with Gasteiger partial charge in [0, 0.05) is 16.2 Å². The second kappa shape index (κ2) is 10.1. The summed E-state index contributed by atoms with van der Waals surface area (Å²) in [6.45, 7) is 1.40. The Balaban J connectivity index is 2.04. The summed E-state index contributed by atoms with van der Waals surface area (Å²) in [4.78, 5) is 12.9. The number of nitrogens with zero attached hydrogens (tertiary/aromatic N) is 1. The van der Waals surface area contributed by atoms with Crippen molar-refractivity contribution >= 4 is 43.2 Å². The zero-order valence-electron chi connectivity index (χ0n) is 17.8. The highest BCUT2D eigenvalue weighted by molar-refractivity contribution is 9.10. The van der Waals surface area contributed by atoms with Crippen molar-refractivity contribution in [1.82, 2.24) is 0 Å². The van der Waals surface area contributed by atoms with Gasteiger partial charge in [-0.3, -0.25) is 9.10 Å². The highest BCUT2D eigenvalue weighted by atomic mass is 79.9. The van der Waals surface area contributed by atoms with E-state index in [1.54, 1.807) is 48.5 Å². The standard InChI is InChI=1S/C23H23BrN2O5S/c1-16-4-11-20(12-5-16)32(28,29)26(21-14-19(30-2)10-13-22(21)31-3)15-23(27)25-18-8-6-17(24)7-9-18/h4-14H,15H2,1-3H3,(H,25,27). The molecule has 168 valence electrons. The number of carbonyl (C=O) groups excluding carboxylic acids is 1. The van der Waals surface area contributed by atoms with Crippen LogP contribution in [0, 0.1) is 6.92 Å². The predicted octanol–water partition coefficient (Wildman–Crippen LogP) is 4.61. The smallest absolute Gasteiger partial charge is 0.264 e. The number of anilines is 2. The number of rotatable bonds is 8. The van der Waals surface area contributed by atoms with E-state index in [0.29, 0.717) is 11.4 Å². The summed E-state index contributed by atoms with van der Waals surface area (Å²) in [5.74, 6) is 0.212. The summed E-state index contributed by atoms with van der Waals surface area (Å²) in [5.41, 5.74) is 1.66. The Morgan fingerprint density at radius 1 is 0.969 bits per heavy atom. The molecule has 0 fully saturated rings. The number of sulfonamides is 1. The lowest BCUT2D eigenvalue weighted by atomic mass is 10.2. The molecule has 7 nitrogen and oxygen atoms in total. The molecule has 9 heteroatoms. The number of aryl methyl sites for hydroxylation is 1. The molecule has 1 amide bonds. The van der Waals surface area contributed by atoms with Crippen LogP contribution in [-0.2, 0) is 14.8 Å². The Morgan fingerprint density at radius 2 is 1.62 bits per heavy atom. The van der Waals surface area contributed by atoms with Crippen molar-refractivity contribution in [2.75, 3.05) is 30.4 Å². The topological polar surface area (TPSA) is 84.9 Å². The number of benzene rings is 3. The molecule has 0 heterocycles. The lowest BCUT2D eigenvalue weighted by Crippen LogP contribution is -2.38. The maximum absolute atomic E-state index is 13.6. The lowest BCUT2D eigenvalue weighted by molar-refractivity contribution is -0.114. The molecule has 0 radical (unpaired) electrons. The van der Waals surface area contributed by atoms with Gasteiger partial charge in [-0.1, -0.05) is 33.6 Å². The van der Waals surface area contributed by atoms with E-state index >= 15 is 0 Å². The van der Waals surface area contributed by atoms with Crippen LogP contribution in [0.25, 0.3) is 0 Å². The average molecular weight is 519 g/mol. The molecule has 0 bridgehead atoms. The maximum atomic E-state index is 13.6. The molecule has 1 N–H and O–H groups in total. The fourth-order valence-electron chi connectivity index (χ4n) is 2.99. The Labute approximate surface area is 196 Å². The summed E-state index contributed by atoms with van der Waals surface area (Å²) in [6, 6.07) is 18.2. The van der Waals surface area contributed by atoms with Crippen molar-refractivity contribution in [2.24, 2.45) is 0 Å². The van der Waals surface area contributed by atoms with Crippen LogP contribution in [0.3, 0.4) is 0 Å². The molecule has 0 unspecified atom stereocenters. The fourth-order valence-corrected chi connectivity index (χ4v) is 4.68. The monoisotopic (exact) mass is 518 g/mol. The van der Waals surface area contributed by atoms with E-state index in [1.165, 1.54) is 32.4 Å². The summed E-state index contributed by atoms with van der Waals surface area (Å²) < 4.78 is 39.7. The van der Waals surface area contributed by atoms with Gasteiger partial charge < -0.3 is 14.8 Å². The van der Waals surface area contributed by atoms with Gasteiger partial charge in [0.05, 0.1) is 24.8 Å². The Hall–Kier alpha value is -3.04. The molecule has 32 heavy (non-hydrogen) atoms. The SMILES string of the molecule is COc1ccc(OC)c(N(CC(=O)Nc2ccc(Br)cc2)S(=O)(=O)c2ccc(C)cc2)c1.